The minimum Gasteiger partial charge on any atom is -0.338 e. The highest BCUT2D eigenvalue weighted by atomic mass is 32.2. The van der Waals surface area contributed by atoms with E-state index >= 15 is 0 Å². The summed E-state index contributed by atoms with van der Waals surface area (Å²) in [5, 5.41) is 0. The summed E-state index contributed by atoms with van der Waals surface area (Å²) in [5.74, 6) is 0.717. The van der Waals surface area contributed by atoms with Crippen LogP contribution in [0.3, 0.4) is 0 Å². The highest BCUT2D eigenvalue weighted by molar-refractivity contribution is 7.89. The standard InChI is InChI=1S/C22H21N3O2S/c1-2-19(16-9-5-3-6-10-16)25-28(26,27)18-13-14-20-21(15-18)24-22(23-20)17-11-7-4-8-12-17/h3-15,19,25H,2H2,1H3,(H,23,24). The summed E-state index contributed by atoms with van der Waals surface area (Å²) >= 11 is 0. The summed E-state index contributed by atoms with van der Waals surface area (Å²) in [4.78, 5) is 8.00. The number of aromatic nitrogens is 2. The van der Waals surface area contributed by atoms with Crippen molar-refractivity contribution in [1.29, 1.82) is 0 Å². The van der Waals surface area contributed by atoms with Crippen molar-refractivity contribution in [1.82, 2.24) is 14.7 Å². The van der Waals surface area contributed by atoms with Crippen molar-refractivity contribution in [2.24, 2.45) is 0 Å². The van der Waals surface area contributed by atoms with Gasteiger partial charge in [-0.1, -0.05) is 67.6 Å². The van der Waals surface area contributed by atoms with Gasteiger partial charge in [0, 0.05) is 11.6 Å². The Bertz CT molecular complexity index is 1190. The zero-order valence-electron chi connectivity index (χ0n) is 15.5. The van der Waals surface area contributed by atoms with E-state index in [-0.39, 0.29) is 10.9 Å². The lowest BCUT2D eigenvalue weighted by atomic mass is 10.1. The van der Waals surface area contributed by atoms with E-state index in [0.717, 1.165) is 16.6 Å². The van der Waals surface area contributed by atoms with Gasteiger partial charge in [0.15, 0.2) is 0 Å². The molecule has 0 saturated heterocycles. The number of nitrogens with zero attached hydrogens (tertiary/aromatic N) is 1. The molecule has 0 aliphatic carbocycles. The average molecular weight is 391 g/mol. The molecule has 0 saturated carbocycles. The topological polar surface area (TPSA) is 74.8 Å². The molecule has 4 aromatic rings. The van der Waals surface area contributed by atoms with E-state index in [4.69, 9.17) is 0 Å². The zero-order valence-corrected chi connectivity index (χ0v) is 16.3. The third-order valence-electron chi connectivity index (χ3n) is 4.72. The maximum Gasteiger partial charge on any atom is 0.241 e. The molecule has 0 amide bonds. The van der Waals surface area contributed by atoms with Gasteiger partial charge in [-0.25, -0.2) is 18.1 Å². The fourth-order valence-electron chi connectivity index (χ4n) is 3.22. The fraction of sp³-hybridized carbons (Fsp3) is 0.136. The molecular weight excluding hydrogens is 370 g/mol. The Morgan fingerprint density at radius 2 is 1.64 bits per heavy atom. The van der Waals surface area contributed by atoms with Gasteiger partial charge in [-0.2, -0.15) is 0 Å². The molecular formula is C22H21N3O2S. The quantitative estimate of drug-likeness (QED) is 0.502. The van der Waals surface area contributed by atoms with Gasteiger partial charge < -0.3 is 4.98 Å². The largest absolute Gasteiger partial charge is 0.338 e. The van der Waals surface area contributed by atoms with E-state index < -0.39 is 10.0 Å². The molecule has 1 heterocycles. The molecule has 2 N–H and O–H groups in total. The van der Waals surface area contributed by atoms with Crippen molar-refractivity contribution in [2.45, 2.75) is 24.3 Å². The Morgan fingerprint density at radius 1 is 0.964 bits per heavy atom. The molecule has 1 unspecified atom stereocenters. The normalized spacial score (nSPS) is 12.9. The molecule has 5 nitrogen and oxygen atoms in total. The average Bonchev–Trinajstić information content (AvgIpc) is 3.17. The lowest BCUT2D eigenvalue weighted by molar-refractivity contribution is 0.550. The molecule has 4 rings (SSSR count). The molecule has 3 aromatic carbocycles. The first-order valence-corrected chi connectivity index (χ1v) is 10.7. The van der Waals surface area contributed by atoms with Crippen LogP contribution in [0.15, 0.2) is 83.8 Å². The van der Waals surface area contributed by atoms with Crippen LogP contribution >= 0.6 is 0 Å². The van der Waals surface area contributed by atoms with Gasteiger partial charge >= 0.3 is 0 Å². The molecule has 0 fully saturated rings. The highest BCUT2D eigenvalue weighted by Crippen LogP contribution is 2.24. The molecule has 1 atom stereocenters. The Morgan fingerprint density at radius 3 is 2.32 bits per heavy atom. The van der Waals surface area contributed by atoms with Gasteiger partial charge in [0.05, 0.1) is 15.9 Å². The number of aromatic amines is 1. The second-order valence-corrected chi connectivity index (χ2v) is 8.34. The number of rotatable bonds is 6. The molecule has 0 aliphatic rings. The van der Waals surface area contributed by atoms with E-state index in [1.807, 2.05) is 67.6 Å². The predicted molar refractivity (Wildman–Crippen MR) is 111 cm³/mol. The van der Waals surface area contributed by atoms with E-state index in [9.17, 15) is 8.42 Å². The minimum absolute atomic E-state index is 0.220. The van der Waals surface area contributed by atoms with Crippen LogP contribution in [0.25, 0.3) is 22.4 Å². The Hall–Kier alpha value is -2.96. The monoisotopic (exact) mass is 391 g/mol. The van der Waals surface area contributed by atoms with Crippen molar-refractivity contribution >= 4 is 21.1 Å². The first-order valence-electron chi connectivity index (χ1n) is 9.19. The molecule has 0 aliphatic heterocycles. The second kappa shape index (κ2) is 7.58. The zero-order chi connectivity index (χ0) is 19.6. The third kappa shape index (κ3) is 3.69. The van der Waals surface area contributed by atoms with Gasteiger partial charge in [0.25, 0.3) is 0 Å². The van der Waals surface area contributed by atoms with Gasteiger partial charge in [0.2, 0.25) is 10.0 Å². The molecule has 142 valence electrons. The van der Waals surface area contributed by atoms with Crippen molar-refractivity contribution in [2.75, 3.05) is 0 Å². The van der Waals surface area contributed by atoms with Gasteiger partial charge in [0.1, 0.15) is 5.82 Å². The summed E-state index contributed by atoms with van der Waals surface area (Å²) in [6.45, 7) is 1.96. The first-order chi connectivity index (χ1) is 13.6. The Kier molecular flexibility index (Phi) is 4.98. The predicted octanol–water partition coefficient (Wildman–Crippen LogP) is 4.66. The van der Waals surface area contributed by atoms with E-state index in [1.165, 1.54) is 0 Å². The summed E-state index contributed by atoms with van der Waals surface area (Å²) < 4.78 is 28.7. The number of H-pyrrole nitrogens is 1. The molecule has 28 heavy (non-hydrogen) atoms. The van der Waals surface area contributed by atoms with E-state index in [1.54, 1.807) is 18.2 Å². The molecule has 0 radical (unpaired) electrons. The van der Waals surface area contributed by atoms with Crippen molar-refractivity contribution < 1.29 is 8.42 Å². The van der Waals surface area contributed by atoms with Crippen LogP contribution in [0.2, 0.25) is 0 Å². The van der Waals surface area contributed by atoms with E-state index in [2.05, 4.69) is 14.7 Å². The highest BCUT2D eigenvalue weighted by Gasteiger charge is 2.21. The van der Waals surface area contributed by atoms with Gasteiger partial charge in [-0.3, -0.25) is 0 Å². The number of hydrogen-bond donors (Lipinski definition) is 2. The smallest absolute Gasteiger partial charge is 0.241 e. The second-order valence-electron chi connectivity index (χ2n) is 6.62. The minimum atomic E-state index is -3.66. The molecule has 0 spiro atoms. The SMILES string of the molecule is CCC(NS(=O)(=O)c1ccc2nc(-c3ccccc3)[nH]c2c1)c1ccccc1. The Labute approximate surface area is 164 Å². The molecule has 6 heteroatoms. The number of hydrogen-bond acceptors (Lipinski definition) is 3. The van der Waals surface area contributed by atoms with Gasteiger partial charge in [-0.15, -0.1) is 0 Å². The third-order valence-corrected chi connectivity index (χ3v) is 6.19. The van der Waals surface area contributed by atoms with Crippen LogP contribution in [-0.2, 0) is 10.0 Å². The Balaban J connectivity index is 1.66. The summed E-state index contributed by atoms with van der Waals surface area (Å²) in [6, 6.07) is 24.0. The van der Waals surface area contributed by atoms with Gasteiger partial charge in [-0.05, 0) is 30.2 Å². The first kappa shape index (κ1) is 18.4. The van der Waals surface area contributed by atoms with Crippen LogP contribution in [0.5, 0.6) is 0 Å². The number of fused-ring (bicyclic) bond motifs is 1. The van der Waals surface area contributed by atoms with Crippen molar-refractivity contribution in [3.63, 3.8) is 0 Å². The lowest BCUT2D eigenvalue weighted by Gasteiger charge is -2.17. The summed E-state index contributed by atoms with van der Waals surface area (Å²) in [5.41, 5.74) is 3.32. The number of benzene rings is 3. The van der Waals surface area contributed by atoms with Crippen LogP contribution in [0.1, 0.15) is 24.9 Å². The van der Waals surface area contributed by atoms with Crippen LogP contribution in [-0.4, -0.2) is 18.4 Å². The number of imidazole rings is 1. The molecule has 1 aromatic heterocycles. The molecule has 0 bridgehead atoms. The number of nitrogens with one attached hydrogen (secondary N) is 2. The van der Waals surface area contributed by atoms with Crippen molar-refractivity contribution in [3.05, 3.63) is 84.4 Å². The summed E-state index contributed by atoms with van der Waals surface area (Å²) in [6.07, 6.45) is 0.660. The van der Waals surface area contributed by atoms with Crippen molar-refractivity contribution in [3.8, 4) is 11.4 Å². The maximum atomic E-state index is 12.9. The number of sulfonamides is 1. The van der Waals surface area contributed by atoms with Crippen LogP contribution in [0.4, 0.5) is 0 Å². The lowest BCUT2D eigenvalue weighted by Crippen LogP contribution is -2.28. The van der Waals surface area contributed by atoms with Crippen LogP contribution in [0, 0.1) is 0 Å². The summed E-state index contributed by atoms with van der Waals surface area (Å²) in [7, 11) is -3.66. The maximum absolute atomic E-state index is 12.9. The fourth-order valence-corrected chi connectivity index (χ4v) is 4.55. The van der Waals surface area contributed by atoms with E-state index in [0.29, 0.717) is 17.8 Å². The van der Waals surface area contributed by atoms with Crippen LogP contribution < -0.4 is 4.72 Å².